The van der Waals surface area contributed by atoms with Crippen molar-refractivity contribution in [3.8, 4) is 0 Å². The first kappa shape index (κ1) is 25.4. The minimum Gasteiger partial charge on any atom is -0.381 e. The quantitative estimate of drug-likeness (QED) is 0.163. The molecule has 3 N–H and O–H groups in total. The van der Waals surface area contributed by atoms with Gasteiger partial charge in [0, 0.05) is 45.8 Å². The summed E-state index contributed by atoms with van der Waals surface area (Å²) >= 11 is 0. The van der Waals surface area contributed by atoms with Crippen LogP contribution in [-0.4, -0.2) is 51.3 Å². The largest absolute Gasteiger partial charge is 0.381 e. The predicted octanol–water partition coefficient (Wildman–Crippen LogP) is 3.06. The molecule has 1 aliphatic carbocycles. The summed E-state index contributed by atoms with van der Waals surface area (Å²) in [5.41, 5.74) is 0. The highest BCUT2D eigenvalue weighted by Crippen LogP contribution is 2.27. The summed E-state index contributed by atoms with van der Waals surface area (Å²) in [4.78, 5) is 16.4. The summed E-state index contributed by atoms with van der Waals surface area (Å²) in [6, 6.07) is 0. The summed E-state index contributed by atoms with van der Waals surface area (Å²) < 4.78 is 5.54. The topological polar surface area (TPSA) is 74.8 Å². The maximum absolute atomic E-state index is 11.9. The number of rotatable bonds is 13. The van der Waals surface area contributed by atoms with Crippen molar-refractivity contribution >= 4 is 35.8 Å². The molecule has 1 fully saturated rings. The molecule has 0 aromatic rings. The molecule has 0 unspecified atom stereocenters. The van der Waals surface area contributed by atoms with E-state index in [4.69, 9.17) is 4.74 Å². The summed E-state index contributed by atoms with van der Waals surface area (Å²) in [7, 11) is 0. The fourth-order valence-corrected chi connectivity index (χ4v) is 2.98. The van der Waals surface area contributed by atoms with Gasteiger partial charge in [-0.05, 0) is 38.5 Å². The molecule has 0 aliphatic heterocycles. The molecule has 1 aliphatic rings. The normalized spacial score (nSPS) is 14.8. The summed E-state index contributed by atoms with van der Waals surface area (Å²) in [6.07, 6.45) is 8.90. The molecule has 0 radical (unpaired) electrons. The molecule has 0 bridgehead atoms. The number of halogens is 1. The number of hydrogen-bond acceptors (Lipinski definition) is 3. The number of carbonyl (C=O) groups excluding carboxylic acids is 1. The minimum absolute atomic E-state index is 0. The van der Waals surface area contributed by atoms with E-state index in [1.165, 1.54) is 32.1 Å². The van der Waals surface area contributed by atoms with E-state index in [9.17, 15) is 4.79 Å². The molecule has 0 aromatic heterocycles. The lowest BCUT2D eigenvalue weighted by Crippen LogP contribution is -2.41. The van der Waals surface area contributed by atoms with E-state index >= 15 is 0 Å². The molecule has 0 aromatic carbocycles. The smallest absolute Gasteiger partial charge is 0.220 e. The third kappa shape index (κ3) is 13.6. The highest BCUT2D eigenvalue weighted by atomic mass is 127. The third-order valence-corrected chi connectivity index (χ3v) is 4.39. The van der Waals surface area contributed by atoms with Crippen molar-refractivity contribution in [2.45, 2.75) is 65.2 Å². The number of amides is 1. The van der Waals surface area contributed by atoms with Crippen LogP contribution < -0.4 is 16.0 Å². The second kappa shape index (κ2) is 17.8. The molecular weight excluding hydrogens is 443 g/mol. The lowest BCUT2D eigenvalue weighted by Gasteiger charge is -2.13. The maximum atomic E-state index is 11.9. The van der Waals surface area contributed by atoms with Crippen molar-refractivity contribution in [3.05, 3.63) is 0 Å². The van der Waals surface area contributed by atoms with Crippen LogP contribution in [0, 0.1) is 5.92 Å². The zero-order valence-electron chi connectivity index (χ0n) is 16.6. The van der Waals surface area contributed by atoms with Crippen molar-refractivity contribution in [1.82, 2.24) is 16.0 Å². The Hall–Kier alpha value is -0.570. The van der Waals surface area contributed by atoms with Crippen molar-refractivity contribution in [2.75, 3.05) is 39.4 Å². The van der Waals surface area contributed by atoms with E-state index in [1.54, 1.807) is 0 Å². The lowest BCUT2D eigenvalue weighted by molar-refractivity contribution is -0.121. The highest BCUT2D eigenvalue weighted by molar-refractivity contribution is 14.0. The van der Waals surface area contributed by atoms with Gasteiger partial charge in [-0.15, -0.1) is 24.0 Å². The molecule has 1 rings (SSSR count). The van der Waals surface area contributed by atoms with Crippen LogP contribution in [0.25, 0.3) is 0 Å². The molecule has 0 saturated heterocycles. The van der Waals surface area contributed by atoms with Gasteiger partial charge in [-0.3, -0.25) is 9.79 Å². The van der Waals surface area contributed by atoms with E-state index in [-0.39, 0.29) is 29.9 Å². The first-order chi connectivity index (χ1) is 12.3. The van der Waals surface area contributed by atoms with Crippen LogP contribution in [0.1, 0.15) is 65.2 Å². The van der Waals surface area contributed by atoms with Crippen LogP contribution in [0.15, 0.2) is 4.99 Å². The van der Waals surface area contributed by atoms with Crippen LogP contribution in [0.5, 0.6) is 0 Å². The number of carbonyl (C=O) groups is 1. The van der Waals surface area contributed by atoms with E-state index < -0.39 is 0 Å². The van der Waals surface area contributed by atoms with Gasteiger partial charge in [-0.1, -0.05) is 26.2 Å². The van der Waals surface area contributed by atoms with Gasteiger partial charge in [0.2, 0.25) is 5.91 Å². The van der Waals surface area contributed by atoms with Gasteiger partial charge >= 0.3 is 0 Å². The molecule has 154 valence electrons. The van der Waals surface area contributed by atoms with Gasteiger partial charge in [0.25, 0.3) is 0 Å². The van der Waals surface area contributed by atoms with Gasteiger partial charge in [-0.25, -0.2) is 0 Å². The molecule has 6 nitrogen and oxygen atoms in total. The van der Waals surface area contributed by atoms with Crippen LogP contribution in [0.4, 0.5) is 0 Å². The van der Waals surface area contributed by atoms with E-state index in [1.807, 2.05) is 0 Å². The van der Waals surface area contributed by atoms with Crippen LogP contribution in [0.3, 0.4) is 0 Å². The number of unbranched alkanes of at least 4 members (excludes halogenated alkanes) is 1. The third-order valence-electron chi connectivity index (χ3n) is 4.39. The number of guanidine groups is 1. The Bertz CT molecular complexity index is 375. The number of nitrogens with one attached hydrogen (secondary N) is 3. The second-order valence-corrected chi connectivity index (χ2v) is 6.71. The Labute approximate surface area is 176 Å². The fraction of sp³-hybridized carbons (Fsp3) is 0.895. The monoisotopic (exact) mass is 482 g/mol. The Balaban J connectivity index is 0.00000625. The number of aliphatic imine (C=N–C) groups is 1. The zero-order chi connectivity index (χ0) is 18.2. The Morgan fingerprint density at radius 2 is 1.73 bits per heavy atom. The Kier molecular flexibility index (Phi) is 17.4. The second-order valence-electron chi connectivity index (χ2n) is 6.71. The molecule has 26 heavy (non-hydrogen) atoms. The summed E-state index contributed by atoms with van der Waals surface area (Å²) in [5.74, 6) is 1.59. The van der Waals surface area contributed by atoms with Gasteiger partial charge < -0.3 is 20.7 Å². The molecule has 0 spiro atoms. The summed E-state index contributed by atoms with van der Waals surface area (Å²) in [6.45, 7) is 8.72. The molecular formula is C19H39IN4O2. The van der Waals surface area contributed by atoms with Crippen molar-refractivity contribution in [3.63, 3.8) is 0 Å². The lowest BCUT2D eigenvalue weighted by atomic mass is 10.0. The van der Waals surface area contributed by atoms with Gasteiger partial charge in [-0.2, -0.15) is 0 Å². The SMILES string of the molecule is CCCCOCCCN=C(NCC)NCCNC(=O)CC1CCCC1.I. The zero-order valence-corrected chi connectivity index (χ0v) is 19.0. The molecule has 0 atom stereocenters. The first-order valence-electron chi connectivity index (χ1n) is 10.1. The first-order valence-corrected chi connectivity index (χ1v) is 10.1. The van der Waals surface area contributed by atoms with Crippen LogP contribution in [-0.2, 0) is 9.53 Å². The number of nitrogens with zero attached hydrogens (tertiary/aromatic N) is 1. The molecule has 1 saturated carbocycles. The average Bonchev–Trinajstić information content (AvgIpc) is 3.10. The van der Waals surface area contributed by atoms with Crippen molar-refractivity contribution < 1.29 is 9.53 Å². The number of ether oxygens (including phenoxy) is 1. The standard InChI is InChI=1S/C19H38N4O2.HI/c1-3-5-14-25-15-8-11-22-19(20-4-2)23-13-12-21-18(24)16-17-9-6-7-10-17;/h17H,3-16H2,1-2H3,(H,21,24)(H2,20,22,23);1H. The van der Waals surface area contributed by atoms with Crippen LogP contribution >= 0.6 is 24.0 Å². The van der Waals surface area contributed by atoms with Crippen molar-refractivity contribution in [2.24, 2.45) is 10.9 Å². The van der Waals surface area contributed by atoms with Gasteiger partial charge in [0.15, 0.2) is 5.96 Å². The highest BCUT2D eigenvalue weighted by Gasteiger charge is 2.17. The Morgan fingerprint density at radius 3 is 2.42 bits per heavy atom. The number of hydrogen-bond donors (Lipinski definition) is 3. The van der Waals surface area contributed by atoms with E-state index in [0.29, 0.717) is 25.4 Å². The summed E-state index contributed by atoms with van der Waals surface area (Å²) in [5, 5.41) is 9.49. The Morgan fingerprint density at radius 1 is 1.04 bits per heavy atom. The fourth-order valence-electron chi connectivity index (χ4n) is 2.98. The molecule has 1 amide bonds. The van der Waals surface area contributed by atoms with Gasteiger partial charge in [0.05, 0.1) is 0 Å². The van der Waals surface area contributed by atoms with Crippen molar-refractivity contribution in [1.29, 1.82) is 0 Å². The van der Waals surface area contributed by atoms with E-state index in [2.05, 4.69) is 34.8 Å². The van der Waals surface area contributed by atoms with E-state index in [0.717, 1.165) is 45.1 Å². The maximum Gasteiger partial charge on any atom is 0.220 e. The average molecular weight is 482 g/mol. The molecule has 0 heterocycles. The molecule has 7 heteroatoms. The minimum atomic E-state index is 0. The predicted molar refractivity (Wildman–Crippen MR) is 119 cm³/mol. The van der Waals surface area contributed by atoms with Crippen LogP contribution in [0.2, 0.25) is 0 Å². The van der Waals surface area contributed by atoms with Gasteiger partial charge in [0.1, 0.15) is 0 Å².